The van der Waals surface area contributed by atoms with Crippen molar-refractivity contribution in [3.8, 4) is 0 Å². The van der Waals surface area contributed by atoms with E-state index in [1.807, 2.05) is 4.98 Å². The number of allylic oxidation sites excluding steroid dienone is 2. The van der Waals surface area contributed by atoms with Crippen LogP contribution in [0.3, 0.4) is 0 Å². The van der Waals surface area contributed by atoms with Gasteiger partial charge in [0.1, 0.15) is 5.02 Å². The first-order valence-electron chi connectivity index (χ1n) is 4.48. The van der Waals surface area contributed by atoms with Crippen molar-refractivity contribution in [2.45, 2.75) is 6.54 Å². The minimum Gasteiger partial charge on any atom is -0.324 e. The first-order chi connectivity index (χ1) is 7.79. The highest BCUT2D eigenvalue weighted by molar-refractivity contribution is 7.51. The molecular weight excluding hydrogens is 271 g/mol. The SMILES string of the molecule is O=c1[nH]c(=O)n(C/C=C/CP(=O)(O)O)cc1Cl. The van der Waals surface area contributed by atoms with Crippen LogP contribution in [0.25, 0.3) is 0 Å². The van der Waals surface area contributed by atoms with Crippen molar-refractivity contribution in [2.24, 2.45) is 0 Å². The van der Waals surface area contributed by atoms with Crippen LogP contribution in [0, 0.1) is 0 Å². The Morgan fingerprint density at radius 1 is 1.41 bits per heavy atom. The molecule has 0 saturated carbocycles. The number of H-pyrrole nitrogens is 1. The fourth-order valence-corrected chi connectivity index (χ4v) is 1.61. The van der Waals surface area contributed by atoms with E-state index in [4.69, 9.17) is 21.4 Å². The molecule has 0 fully saturated rings. The van der Waals surface area contributed by atoms with Gasteiger partial charge in [-0.15, -0.1) is 0 Å². The van der Waals surface area contributed by atoms with E-state index in [9.17, 15) is 14.2 Å². The number of nitrogens with one attached hydrogen (secondary N) is 1. The van der Waals surface area contributed by atoms with Crippen LogP contribution in [0.5, 0.6) is 0 Å². The van der Waals surface area contributed by atoms with E-state index in [0.29, 0.717) is 0 Å². The molecule has 0 saturated heterocycles. The standard InChI is InChI=1S/C8H10ClN2O5P/c9-6-5-11(8(13)10-7(6)12)3-1-2-4-17(14,15)16/h1-2,5H,3-4H2,(H,10,12,13)(H2,14,15,16)/b2-1+. The summed E-state index contributed by atoms with van der Waals surface area (Å²) in [5, 5.41) is -0.131. The first-order valence-corrected chi connectivity index (χ1v) is 6.66. The third-order valence-electron chi connectivity index (χ3n) is 1.78. The zero-order chi connectivity index (χ0) is 13.1. The average Bonchev–Trinajstić information content (AvgIpc) is 2.18. The Hall–Kier alpha value is -1.14. The second kappa shape index (κ2) is 5.46. The van der Waals surface area contributed by atoms with Crippen LogP contribution in [-0.2, 0) is 11.1 Å². The van der Waals surface area contributed by atoms with Crippen molar-refractivity contribution in [3.05, 3.63) is 44.2 Å². The summed E-state index contributed by atoms with van der Waals surface area (Å²) in [6.07, 6.45) is 3.41. The van der Waals surface area contributed by atoms with Gasteiger partial charge in [-0.25, -0.2) is 4.79 Å². The first kappa shape index (κ1) is 13.9. The van der Waals surface area contributed by atoms with E-state index in [0.717, 1.165) is 10.8 Å². The van der Waals surface area contributed by atoms with E-state index < -0.39 is 25.0 Å². The van der Waals surface area contributed by atoms with Gasteiger partial charge in [-0.1, -0.05) is 23.8 Å². The second-order valence-corrected chi connectivity index (χ2v) is 5.31. The summed E-state index contributed by atoms with van der Waals surface area (Å²) in [5.74, 6) is 0. The van der Waals surface area contributed by atoms with Crippen molar-refractivity contribution in [2.75, 3.05) is 6.16 Å². The molecule has 9 heteroatoms. The van der Waals surface area contributed by atoms with Crippen LogP contribution in [0.4, 0.5) is 0 Å². The molecule has 0 bridgehead atoms. The topological polar surface area (TPSA) is 112 Å². The van der Waals surface area contributed by atoms with Crippen LogP contribution in [0.15, 0.2) is 27.9 Å². The summed E-state index contributed by atoms with van der Waals surface area (Å²) in [7, 11) is -4.07. The maximum atomic E-state index is 11.2. The predicted molar refractivity (Wildman–Crippen MR) is 62.4 cm³/mol. The molecule has 3 N–H and O–H groups in total. The van der Waals surface area contributed by atoms with Crippen LogP contribution in [0.2, 0.25) is 5.02 Å². The Morgan fingerprint density at radius 2 is 2.06 bits per heavy atom. The molecule has 0 aromatic carbocycles. The summed E-state index contributed by atoms with van der Waals surface area (Å²) < 4.78 is 11.6. The molecule has 1 rings (SSSR count). The van der Waals surface area contributed by atoms with E-state index in [1.54, 1.807) is 0 Å². The number of hydrogen-bond acceptors (Lipinski definition) is 3. The Balaban J connectivity index is 2.77. The van der Waals surface area contributed by atoms with Crippen LogP contribution in [0.1, 0.15) is 0 Å². The average molecular weight is 281 g/mol. The van der Waals surface area contributed by atoms with Crippen LogP contribution >= 0.6 is 19.2 Å². The molecule has 0 aliphatic heterocycles. The van der Waals surface area contributed by atoms with Crippen molar-refractivity contribution < 1.29 is 14.4 Å². The minimum atomic E-state index is -4.07. The maximum absolute atomic E-state index is 11.2. The van der Waals surface area contributed by atoms with Crippen molar-refractivity contribution >= 4 is 19.2 Å². The number of halogens is 1. The van der Waals surface area contributed by atoms with E-state index >= 15 is 0 Å². The van der Waals surface area contributed by atoms with Gasteiger partial charge in [0.2, 0.25) is 0 Å². The van der Waals surface area contributed by atoms with Gasteiger partial charge in [-0.2, -0.15) is 0 Å². The maximum Gasteiger partial charge on any atom is 0.329 e. The quantitative estimate of drug-likeness (QED) is 0.528. The number of aromatic nitrogens is 2. The lowest BCUT2D eigenvalue weighted by Crippen LogP contribution is -2.29. The number of aromatic amines is 1. The highest BCUT2D eigenvalue weighted by Gasteiger charge is 2.08. The number of rotatable bonds is 4. The van der Waals surface area contributed by atoms with Crippen molar-refractivity contribution in [3.63, 3.8) is 0 Å². The zero-order valence-corrected chi connectivity index (χ0v) is 10.2. The third-order valence-corrected chi connectivity index (χ3v) is 2.74. The third kappa shape index (κ3) is 4.70. The molecule has 1 aromatic rings. The largest absolute Gasteiger partial charge is 0.329 e. The predicted octanol–water partition coefficient (Wildman–Crippen LogP) is -0.0761. The number of nitrogens with zero attached hydrogens (tertiary/aromatic N) is 1. The van der Waals surface area contributed by atoms with Gasteiger partial charge in [0.05, 0.1) is 6.16 Å². The van der Waals surface area contributed by atoms with Gasteiger partial charge in [-0.3, -0.25) is 18.9 Å². The Labute approximate surface area is 101 Å². The van der Waals surface area contributed by atoms with Gasteiger partial charge < -0.3 is 9.79 Å². The lowest BCUT2D eigenvalue weighted by molar-refractivity contribution is 0.377. The summed E-state index contributed by atoms with van der Waals surface area (Å²) in [6.45, 7) is 0.0648. The normalized spacial score (nSPS) is 12.2. The zero-order valence-electron chi connectivity index (χ0n) is 8.54. The molecule has 0 amide bonds. The number of hydrogen-bond donors (Lipinski definition) is 3. The molecule has 17 heavy (non-hydrogen) atoms. The lowest BCUT2D eigenvalue weighted by Gasteiger charge is -2.01. The van der Waals surface area contributed by atoms with Gasteiger partial charge in [0, 0.05) is 12.7 Å². The molecule has 1 heterocycles. The molecule has 0 atom stereocenters. The van der Waals surface area contributed by atoms with Gasteiger partial charge in [-0.05, 0) is 0 Å². The van der Waals surface area contributed by atoms with Gasteiger partial charge in [0.25, 0.3) is 5.56 Å². The summed E-state index contributed by atoms with van der Waals surface area (Å²) >= 11 is 5.52. The van der Waals surface area contributed by atoms with E-state index in [1.165, 1.54) is 12.2 Å². The molecule has 1 aromatic heterocycles. The molecule has 0 radical (unpaired) electrons. The van der Waals surface area contributed by atoms with E-state index in [2.05, 4.69) is 0 Å². The molecule has 0 aliphatic rings. The van der Waals surface area contributed by atoms with E-state index in [-0.39, 0.29) is 11.6 Å². The smallest absolute Gasteiger partial charge is 0.324 e. The minimum absolute atomic E-state index is 0.0648. The second-order valence-electron chi connectivity index (χ2n) is 3.21. The van der Waals surface area contributed by atoms with Crippen LogP contribution in [-0.4, -0.2) is 25.5 Å². The summed E-state index contributed by atoms with van der Waals surface area (Å²) in [6, 6.07) is 0. The Bertz CT molecular complexity index is 584. The van der Waals surface area contributed by atoms with Crippen LogP contribution < -0.4 is 11.2 Å². The monoisotopic (exact) mass is 280 g/mol. The van der Waals surface area contributed by atoms with Crippen molar-refractivity contribution in [1.82, 2.24) is 9.55 Å². The summed E-state index contributed by atoms with van der Waals surface area (Å²) in [5.41, 5.74) is -1.31. The molecule has 0 unspecified atom stereocenters. The molecule has 0 spiro atoms. The Morgan fingerprint density at radius 3 is 2.65 bits per heavy atom. The molecule has 94 valence electrons. The highest BCUT2D eigenvalue weighted by atomic mass is 35.5. The molecule has 7 nitrogen and oxygen atoms in total. The molecule has 0 aliphatic carbocycles. The summed E-state index contributed by atoms with van der Waals surface area (Å²) in [4.78, 5) is 41.3. The fourth-order valence-electron chi connectivity index (χ4n) is 1.02. The fraction of sp³-hybridized carbons (Fsp3) is 0.250. The molecular formula is C8H10ClN2O5P. The van der Waals surface area contributed by atoms with Gasteiger partial charge >= 0.3 is 13.3 Å². The van der Waals surface area contributed by atoms with Gasteiger partial charge in [0.15, 0.2) is 0 Å². The lowest BCUT2D eigenvalue weighted by atomic mass is 10.5. The Kier molecular flexibility index (Phi) is 4.47. The van der Waals surface area contributed by atoms with Crippen molar-refractivity contribution in [1.29, 1.82) is 0 Å². The highest BCUT2D eigenvalue weighted by Crippen LogP contribution is 2.33.